The van der Waals surface area contributed by atoms with Crippen LogP contribution in [0.2, 0.25) is 0 Å². The fraction of sp³-hybridized carbons (Fsp3) is 0.526. The molecule has 1 N–H and O–H groups in total. The minimum atomic E-state index is -0.690. The van der Waals surface area contributed by atoms with E-state index in [1.165, 1.54) is 11.8 Å². The smallest absolute Gasteiger partial charge is 0.347 e. The standard InChI is InChI=1S/C19H26N4O3/c1-3-16(18(24)26-2)23-19(25)22(13-14-7-5-4-6-8-14)17(21-23)15-9-11-20-12-10-15/h4-8,15-16,20H,3,9-13H2,1-2H3. The molecule has 1 aliphatic rings. The summed E-state index contributed by atoms with van der Waals surface area (Å²) in [6, 6.07) is 9.16. The van der Waals surface area contributed by atoms with Gasteiger partial charge in [0.25, 0.3) is 0 Å². The summed E-state index contributed by atoms with van der Waals surface area (Å²) in [5.41, 5.74) is 0.787. The molecule has 0 spiro atoms. The van der Waals surface area contributed by atoms with Crippen molar-refractivity contribution in [3.8, 4) is 0 Å². The first-order chi connectivity index (χ1) is 12.7. The molecule has 0 aliphatic carbocycles. The number of esters is 1. The fourth-order valence-corrected chi connectivity index (χ4v) is 3.50. The zero-order valence-corrected chi connectivity index (χ0v) is 15.4. The van der Waals surface area contributed by atoms with Crippen LogP contribution in [0.25, 0.3) is 0 Å². The highest BCUT2D eigenvalue weighted by molar-refractivity contribution is 5.73. The number of carbonyl (C=O) groups is 1. The van der Waals surface area contributed by atoms with Gasteiger partial charge in [0.2, 0.25) is 0 Å². The van der Waals surface area contributed by atoms with E-state index >= 15 is 0 Å². The summed E-state index contributed by atoms with van der Waals surface area (Å²) in [4.78, 5) is 25.2. The van der Waals surface area contributed by atoms with Crippen LogP contribution in [0.3, 0.4) is 0 Å². The van der Waals surface area contributed by atoms with Gasteiger partial charge in [-0.15, -0.1) is 0 Å². The second kappa shape index (κ2) is 8.31. The van der Waals surface area contributed by atoms with Gasteiger partial charge in [0.1, 0.15) is 5.82 Å². The molecule has 1 aliphatic heterocycles. The Morgan fingerprint density at radius 2 is 2.00 bits per heavy atom. The largest absolute Gasteiger partial charge is 0.467 e. The summed E-state index contributed by atoms with van der Waals surface area (Å²) in [6.45, 7) is 4.13. The van der Waals surface area contributed by atoms with Crippen molar-refractivity contribution in [3.63, 3.8) is 0 Å². The molecule has 2 aromatic rings. The maximum Gasteiger partial charge on any atom is 0.347 e. The van der Waals surface area contributed by atoms with Crippen molar-refractivity contribution in [1.29, 1.82) is 0 Å². The van der Waals surface area contributed by atoms with Crippen molar-refractivity contribution in [2.45, 2.75) is 44.7 Å². The lowest BCUT2D eigenvalue weighted by atomic mass is 9.97. The van der Waals surface area contributed by atoms with E-state index in [4.69, 9.17) is 4.74 Å². The molecule has 0 amide bonds. The lowest BCUT2D eigenvalue weighted by Gasteiger charge is -2.22. The van der Waals surface area contributed by atoms with E-state index in [9.17, 15) is 9.59 Å². The maximum absolute atomic E-state index is 13.1. The van der Waals surface area contributed by atoms with Crippen LogP contribution in [-0.2, 0) is 16.1 Å². The van der Waals surface area contributed by atoms with Gasteiger partial charge >= 0.3 is 11.7 Å². The second-order valence-electron chi connectivity index (χ2n) is 6.63. The first kappa shape index (κ1) is 18.4. The second-order valence-corrected chi connectivity index (χ2v) is 6.63. The van der Waals surface area contributed by atoms with Gasteiger partial charge in [-0.05, 0) is 37.9 Å². The molecule has 0 radical (unpaired) electrons. The van der Waals surface area contributed by atoms with Gasteiger partial charge in [-0.3, -0.25) is 4.57 Å². The molecule has 0 saturated carbocycles. The van der Waals surface area contributed by atoms with Crippen LogP contribution in [-0.4, -0.2) is 40.5 Å². The Bertz CT molecular complexity index is 791. The normalized spacial score (nSPS) is 16.4. The predicted molar refractivity (Wildman–Crippen MR) is 98.2 cm³/mol. The Balaban J connectivity index is 2.04. The van der Waals surface area contributed by atoms with Crippen molar-refractivity contribution in [3.05, 3.63) is 52.2 Å². The van der Waals surface area contributed by atoms with E-state index in [1.807, 2.05) is 37.3 Å². The predicted octanol–water partition coefficient (Wildman–Crippen LogP) is 1.68. The summed E-state index contributed by atoms with van der Waals surface area (Å²) in [5.74, 6) is 0.544. The fourth-order valence-electron chi connectivity index (χ4n) is 3.50. The monoisotopic (exact) mass is 358 g/mol. The molecule has 26 heavy (non-hydrogen) atoms. The van der Waals surface area contributed by atoms with Crippen LogP contribution in [0.1, 0.15) is 49.5 Å². The van der Waals surface area contributed by atoms with Gasteiger partial charge in [0, 0.05) is 5.92 Å². The Morgan fingerprint density at radius 1 is 1.31 bits per heavy atom. The van der Waals surface area contributed by atoms with Crippen LogP contribution in [0.5, 0.6) is 0 Å². The summed E-state index contributed by atoms with van der Waals surface area (Å²) >= 11 is 0. The van der Waals surface area contributed by atoms with E-state index in [-0.39, 0.29) is 11.6 Å². The van der Waals surface area contributed by atoms with Gasteiger partial charge in [-0.2, -0.15) is 9.78 Å². The first-order valence-corrected chi connectivity index (χ1v) is 9.17. The lowest BCUT2D eigenvalue weighted by molar-refractivity contribution is -0.145. The van der Waals surface area contributed by atoms with Gasteiger partial charge in [-0.1, -0.05) is 37.3 Å². The zero-order chi connectivity index (χ0) is 18.5. The lowest BCUT2D eigenvalue weighted by Crippen LogP contribution is -2.33. The quantitative estimate of drug-likeness (QED) is 0.795. The molecule has 1 aromatic heterocycles. The summed E-state index contributed by atoms with van der Waals surface area (Å²) in [6.07, 6.45) is 2.32. The number of aromatic nitrogens is 3. The summed E-state index contributed by atoms with van der Waals surface area (Å²) in [5, 5.41) is 7.95. The molecule has 140 valence electrons. The van der Waals surface area contributed by atoms with Crippen LogP contribution in [0.15, 0.2) is 35.1 Å². The average molecular weight is 358 g/mol. The summed E-state index contributed by atoms with van der Waals surface area (Å²) in [7, 11) is 1.34. The number of nitrogens with one attached hydrogen (secondary N) is 1. The highest BCUT2D eigenvalue weighted by Gasteiger charge is 2.29. The van der Waals surface area contributed by atoms with E-state index in [1.54, 1.807) is 4.57 Å². The number of rotatable bonds is 6. The average Bonchev–Trinajstić information content (AvgIpc) is 3.00. The van der Waals surface area contributed by atoms with Crippen molar-refractivity contribution in [1.82, 2.24) is 19.7 Å². The molecule has 3 rings (SSSR count). The van der Waals surface area contributed by atoms with Crippen LogP contribution in [0.4, 0.5) is 0 Å². The molecule has 1 unspecified atom stereocenters. The minimum Gasteiger partial charge on any atom is -0.467 e. The molecule has 7 nitrogen and oxygen atoms in total. The summed E-state index contributed by atoms with van der Waals surface area (Å²) < 4.78 is 7.90. The molecule has 1 fully saturated rings. The first-order valence-electron chi connectivity index (χ1n) is 9.17. The molecule has 1 saturated heterocycles. The van der Waals surface area contributed by atoms with Gasteiger partial charge in [0.15, 0.2) is 6.04 Å². The van der Waals surface area contributed by atoms with Gasteiger partial charge in [-0.25, -0.2) is 9.59 Å². The molecule has 1 aromatic carbocycles. The van der Waals surface area contributed by atoms with Crippen LogP contribution >= 0.6 is 0 Å². The molecular weight excluding hydrogens is 332 g/mol. The van der Waals surface area contributed by atoms with Gasteiger partial charge < -0.3 is 10.1 Å². The minimum absolute atomic E-state index is 0.212. The van der Waals surface area contributed by atoms with Crippen molar-refractivity contribution in [2.24, 2.45) is 0 Å². The van der Waals surface area contributed by atoms with E-state index < -0.39 is 12.0 Å². The number of carbonyl (C=O) groups excluding carboxylic acids is 1. The Kier molecular flexibility index (Phi) is 5.88. The van der Waals surface area contributed by atoms with Crippen LogP contribution < -0.4 is 11.0 Å². The van der Waals surface area contributed by atoms with Gasteiger partial charge in [0.05, 0.1) is 13.7 Å². The van der Waals surface area contributed by atoms with E-state index in [2.05, 4.69) is 10.4 Å². The topological polar surface area (TPSA) is 78.2 Å². The molecule has 1 atom stereocenters. The number of nitrogens with zero attached hydrogens (tertiary/aromatic N) is 3. The Hall–Kier alpha value is -2.41. The highest BCUT2D eigenvalue weighted by Crippen LogP contribution is 2.24. The maximum atomic E-state index is 13.1. The number of benzene rings is 1. The number of methoxy groups -OCH3 is 1. The molecule has 2 heterocycles. The van der Waals surface area contributed by atoms with E-state index in [0.29, 0.717) is 13.0 Å². The van der Waals surface area contributed by atoms with Crippen LogP contribution in [0, 0.1) is 0 Å². The third-order valence-electron chi connectivity index (χ3n) is 4.96. The molecule has 7 heteroatoms. The third kappa shape index (κ3) is 3.72. The number of hydrogen-bond acceptors (Lipinski definition) is 5. The Morgan fingerprint density at radius 3 is 2.62 bits per heavy atom. The van der Waals surface area contributed by atoms with E-state index in [0.717, 1.165) is 37.3 Å². The molecule has 0 bridgehead atoms. The number of piperidine rings is 1. The third-order valence-corrected chi connectivity index (χ3v) is 4.96. The highest BCUT2D eigenvalue weighted by atomic mass is 16.5. The van der Waals surface area contributed by atoms with Crippen molar-refractivity contribution in [2.75, 3.05) is 20.2 Å². The van der Waals surface area contributed by atoms with Crippen molar-refractivity contribution < 1.29 is 9.53 Å². The zero-order valence-electron chi connectivity index (χ0n) is 15.4. The SMILES string of the molecule is CCC(C(=O)OC)n1nc(C2CCNCC2)n(Cc2ccccc2)c1=O. The number of ether oxygens (including phenoxy) is 1. The number of hydrogen-bond donors (Lipinski definition) is 1. The van der Waals surface area contributed by atoms with Crippen molar-refractivity contribution >= 4 is 5.97 Å². The Labute approximate surface area is 153 Å². The molecular formula is C19H26N4O3.